The van der Waals surface area contributed by atoms with E-state index in [1.807, 2.05) is 0 Å². The minimum Gasteiger partial charge on any atom is -1.00 e. The van der Waals surface area contributed by atoms with Gasteiger partial charge in [-0.2, -0.15) is 0 Å². The monoisotopic (exact) mass is 259 g/mol. The van der Waals surface area contributed by atoms with Crippen LogP contribution in [0, 0.1) is 18.8 Å². The quantitative estimate of drug-likeness (QED) is 0.356. The molecule has 0 radical (unpaired) electrons. The summed E-state index contributed by atoms with van der Waals surface area (Å²) in [6, 6.07) is 0. The first-order valence-corrected chi connectivity index (χ1v) is 6.70. The number of hydrogen-bond donors (Lipinski definition) is 0. The van der Waals surface area contributed by atoms with Gasteiger partial charge in [-0.3, -0.25) is 4.79 Å². The van der Waals surface area contributed by atoms with Crippen molar-refractivity contribution < 1.29 is 63.8 Å². The molecule has 0 aliphatic carbocycles. The predicted molar refractivity (Wildman–Crippen MR) is 60.8 cm³/mol. The van der Waals surface area contributed by atoms with Crippen LogP contribution >= 0.6 is 21.6 Å². The second-order valence-electron chi connectivity index (χ2n) is 3.24. The van der Waals surface area contributed by atoms with Crippen molar-refractivity contribution >= 4 is 33.2 Å². The molecule has 0 aromatic rings. The largest absolute Gasteiger partial charge is 1.00 e. The molecule has 0 N–H and O–H groups in total. The van der Waals surface area contributed by atoms with Crippen LogP contribution in [0.4, 0.5) is 0 Å². The van der Waals surface area contributed by atoms with Crippen molar-refractivity contribution in [1.29, 1.82) is 0 Å². The summed E-state index contributed by atoms with van der Waals surface area (Å²) in [6.45, 7) is 5.34. The summed E-state index contributed by atoms with van der Waals surface area (Å²) >= 11 is 0. The van der Waals surface area contributed by atoms with Gasteiger partial charge in [-0.25, -0.2) is 0 Å². The van der Waals surface area contributed by atoms with E-state index in [9.17, 15) is 9.59 Å². The Kier molecular flexibility index (Phi) is 8.81. The van der Waals surface area contributed by atoms with Gasteiger partial charge in [0.1, 0.15) is 11.6 Å². The smallest absolute Gasteiger partial charge is 1.00 e. The van der Waals surface area contributed by atoms with Crippen LogP contribution in [0.3, 0.4) is 0 Å². The molecule has 2 atom stereocenters. The number of hydrogen-bond acceptors (Lipinski definition) is 4. The van der Waals surface area contributed by atoms with Crippen LogP contribution in [0.1, 0.15) is 16.2 Å². The van der Waals surface area contributed by atoms with Gasteiger partial charge in [-0.05, 0) is 12.7 Å². The van der Waals surface area contributed by atoms with Crippen molar-refractivity contribution in [3.05, 3.63) is 6.92 Å². The van der Waals surface area contributed by atoms with Crippen molar-refractivity contribution in [2.24, 2.45) is 11.8 Å². The van der Waals surface area contributed by atoms with Crippen LogP contribution in [0.2, 0.25) is 0 Å². The third-order valence-electron chi connectivity index (χ3n) is 2.10. The van der Waals surface area contributed by atoms with Crippen molar-refractivity contribution in [3.63, 3.8) is 0 Å². The van der Waals surface area contributed by atoms with Gasteiger partial charge >= 0.3 is 51.4 Å². The van der Waals surface area contributed by atoms with Gasteiger partial charge in [0.2, 0.25) is 0 Å². The fraction of sp³-hybridized carbons (Fsp3) is 0.667. The van der Waals surface area contributed by atoms with Crippen LogP contribution in [0.15, 0.2) is 0 Å². The third kappa shape index (κ3) is 5.14. The molecule has 2 nitrogen and oxygen atoms in total. The van der Waals surface area contributed by atoms with Crippen LogP contribution in [-0.2, 0) is 9.59 Å². The zero-order chi connectivity index (χ0) is 9.84. The Hall–Kier alpha value is 1.68. The van der Waals surface area contributed by atoms with E-state index in [-0.39, 0.29) is 77.6 Å². The standard InChI is InChI=1S/C9H13O2S2.K.H2.H/c1-6-4-12-13-5-8(7(2)10)3-9(6)11;;;/h6,8H,1,3-5H2,2H3;;1H;/q-1;+1;;-1/t6-,8-;;;/m1.../s1. The first-order valence-electron chi connectivity index (χ1n) is 4.22. The molecule has 0 unspecified atom stereocenters. The zero-order valence-corrected chi connectivity index (χ0v) is 13.4. The van der Waals surface area contributed by atoms with E-state index in [4.69, 9.17) is 0 Å². The SMILES string of the molecule is [CH2-][C@@H]1CSSC[C@H](C(C)=O)CC1=O.[H-].[HH].[K+]. The third-order valence-corrected chi connectivity index (χ3v) is 4.66. The van der Waals surface area contributed by atoms with Crippen molar-refractivity contribution in [2.75, 3.05) is 11.5 Å². The molecule has 1 aliphatic heterocycles. The fourth-order valence-corrected chi connectivity index (χ4v) is 3.71. The van der Waals surface area contributed by atoms with Gasteiger partial charge in [-0.1, -0.05) is 27.5 Å². The molecule has 0 spiro atoms. The summed E-state index contributed by atoms with van der Waals surface area (Å²) in [5, 5.41) is 0. The second kappa shape index (κ2) is 7.87. The molecule has 5 heteroatoms. The maximum Gasteiger partial charge on any atom is 1.00 e. The molecule has 0 bridgehead atoms. The van der Waals surface area contributed by atoms with Crippen LogP contribution in [0.25, 0.3) is 0 Å². The number of carbonyl (C=O) groups is 2. The van der Waals surface area contributed by atoms with E-state index >= 15 is 0 Å². The Bertz CT molecular complexity index is 230. The average Bonchev–Trinajstić information content (AvgIpc) is 2.06. The van der Waals surface area contributed by atoms with Gasteiger partial charge in [0.15, 0.2) is 0 Å². The number of carbonyl (C=O) groups excluding carboxylic acids is 2. The van der Waals surface area contributed by atoms with Crippen LogP contribution in [0.5, 0.6) is 0 Å². The predicted octanol–water partition coefficient (Wildman–Crippen LogP) is -0.641. The minimum atomic E-state index is -0.139. The Morgan fingerprint density at radius 2 is 2.14 bits per heavy atom. The van der Waals surface area contributed by atoms with Crippen molar-refractivity contribution in [2.45, 2.75) is 13.3 Å². The fourth-order valence-electron chi connectivity index (χ4n) is 1.08. The minimum absolute atomic E-state index is 0. The number of ketones is 2. The molecule has 0 aromatic carbocycles. The molecule has 0 saturated carbocycles. The van der Waals surface area contributed by atoms with Crippen LogP contribution < -0.4 is 51.4 Å². The van der Waals surface area contributed by atoms with Gasteiger partial charge in [-0.15, -0.1) is 0 Å². The van der Waals surface area contributed by atoms with Crippen molar-refractivity contribution in [3.8, 4) is 0 Å². The van der Waals surface area contributed by atoms with Crippen LogP contribution in [-0.4, -0.2) is 23.1 Å². The molecule has 0 aromatic heterocycles. The van der Waals surface area contributed by atoms with E-state index in [2.05, 4.69) is 6.92 Å². The van der Waals surface area contributed by atoms with E-state index < -0.39 is 0 Å². The van der Waals surface area contributed by atoms with E-state index in [1.165, 1.54) is 0 Å². The summed E-state index contributed by atoms with van der Waals surface area (Å²) in [5.74, 6) is 1.56. The summed E-state index contributed by atoms with van der Waals surface area (Å²) in [7, 11) is 3.32. The summed E-state index contributed by atoms with van der Waals surface area (Å²) in [4.78, 5) is 22.6. The summed E-state index contributed by atoms with van der Waals surface area (Å²) in [5.41, 5.74) is 0. The molecule has 14 heavy (non-hydrogen) atoms. The summed E-state index contributed by atoms with van der Waals surface area (Å²) < 4.78 is 0. The summed E-state index contributed by atoms with van der Waals surface area (Å²) in [6.07, 6.45) is 0.386. The normalized spacial score (nSPS) is 28.6. The molecule has 1 saturated heterocycles. The molecule has 1 fully saturated rings. The second-order valence-corrected chi connectivity index (χ2v) is 5.80. The average molecular weight is 259 g/mol. The van der Waals surface area contributed by atoms with E-state index in [1.54, 1.807) is 28.5 Å². The topological polar surface area (TPSA) is 34.1 Å². The van der Waals surface area contributed by atoms with E-state index in [0.29, 0.717) is 6.42 Å². The Labute approximate surface area is 139 Å². The first-order chi connectivity index (χ1) is 6.11. The Balaban J connectivity index is -0.000000563. The number of Topliss-reactive ketones (excluding diaryl/α,β-unsaturated/α-hetero) is 2. The van der Waals surface area contributed by atoms with Gasteiger partial charge in [0.05, 0.1) is 0 Å². The molecular weight excluding hydrogens is 243 g/mol. The van der Waals surface area contributed by atoms with Gasteiger partial charge in [0.25, 0.3) is 0 Å². The first kappa shape index (κ1) is 15.7. The number of rotatable bonds is 1. The van der Waals surface area contributed by atoms with Crippen molar-refractivity contribution in [1.82, 2.24) is 0 Å². The van der Waals surface area contributed by atoms with Gasteiger partial charge < -0.3 is 13.1 Å². The Morgan fingerprint density at radius 3 is 2.71 bits per heavy atom. The maximum absolute atomic E-state index is 11.4. The van der Waals surface area contributed by atoms with E-state index in [0.717, 1.165) is 11.5 Å². The zero-order valence-electron chi connectivity index (χ0n) is 9.62. The van der Waals surface area contributed by atoms with Gasteiger partial charge in [0, 0.05) is 19.5 Å². The molecular formula is C9H16KO2S2-. The molecule has 1 aliphatic rings. The molecule has 1 heterocycles. The molecule has 0 amide bonds. The Morgan fingerprint density at radius 1 is 1.57 bits per heavy atom. The molecule has 78 valence electrons. The maximum atomic E-state index is 11.4. The molecule has 1 rings (SSSR count).